The molecular weight excluding hydrogens is 364 g/mol. The molecule has 1 N–H and O–H groups in total. The molecule has 0 aromatic heterocycles. The molecule has 0 bridgehead atoms. The molecule has 2 aliphatic heterocycles. The first-order valence-corrected chi connectivity index (χ1v) is 10.9. The number of aliphatic hydroxyl groups is 1. The van der Waals surface area contributed by atoms with Crippen LogP contribution in [0.5, 0.6) is 0 Å². The number of esters is 1. The van der Waals surface area contributed by atoms with Crippen LogP contribution in [0.2, 0.25) is 0 Å². The van der Waals surface area contributed by atoms with Crippen molar-refractivity contribution in [2.75, 3.05) is 6.61 Å². The summed E-state index contributed by atoms with van der Waals surface area (Å²) >= 11 is 0. The quantitative estimate of drug-likeness (QED) is 0.408. The molecule has 0 aromatic carbocycles. The average molecular weight is 397 g/mol. The summed E-state index contributed by atoms with van der Waals surface area (Å²) in [5, 5.41) is 9.82. The van der Waals surface area contributed by atoms with Gasteiger partial charge in [0.15, 0.2) is 0 Å². The molecule has 156 valence electrons. The van der Waals surface area contributed by atoms with Gasteiger partial charge in [-0.25, -0.2) is 4.79 Å². The van der Waals surface area contributed by atoms with Crippen LogP contribution >= 0.6 is 0 Å². The van der Waals surface area contributed by atoms with Crippen molar-refractivity contribution in [3.63, 3.8) is 0 Å². The smallest absolute Gasteiger partial charge is 0.333 e. The van der Waals surface area contributed by atoms with Gasteiger partial charge in [-0.2, -0.15) is 0 Å². The summed E-state index contributed by atoms with van der Waals surface area (Å²) < 4.78 is 10.7. The van der Waals surface area contributed by atoms with Crippen molar-refractivity contribution in [1.82, 2.24) is 0 Å². The first-order valence-electron chi connectivity index (χ1n) is 10.9. The van der Waals surface area contributed by atoms with E-state index in [9.17, 15) is 9.90 Å². The minimum atomic E-state index is -1.19. The van der Waals surface area contributed by atoms with Gasteiger partial charge in [0.2, 0.25) is 6.29 Å². The molecule has 0 radical (unpaired) electrons. The van der Waals surface area contributed by atoms with Crippen LogP contribution in [0.1, 0.15) is 59.3 Å². The van der Waals surface area contributed by atoms with Crippen LogP contribution in [-0.4, -0.2) is 30.1 Å². The number of rotatable bonds is 1. The Morgan fingerprint density at radius 3 is 2.76 bits per heavy atom. The van der Waals surface area contributed by atoms with E-state index in [-0.39, 0.29) is 16.9 Å². The maximum absolute atomic E-state index is 11.3. The zero-order valence-electron chi connectivity index (χ0n) is 17.8. The fraction of sp³-hybridized carbons (Fsp3) is 0.640. The lowest BCUT2D eigenvalue weighted by atomic mass is 9.47. The highest BCUT2D eigenvalue weighted by molar-refractivity contribution is 5.85. The molecule has 0 amide bonds. The van der Waals surface area contributed by atoms with Gasteiger partial charge < -0.3 is 14.6 Å². The summed E-state index contributed by atoms with van der Waals surface area (Å²) in [4.78, 5) is 11.3. The molecule has 2 fully saturated rings. The standard InChI is InChI=1S/C25H32O4/c1-16-6-5-7-21-24(16,3)12-10-17(2)25(21,4)13-11-18-8-9-20(28-15-18)19-14-22(26)29-23(19)27/h8,14,17,20-21,23,27H,1,5-7,9-10,12,15H2,2-4H3/t17-,20+,21-,23?,24-,25-/m0/s1. The SMILES string of the molecule is C=C1CCC[C@@H]2[C@@](C)(C#CC3=CC[C@H](C4=CC(=O)OC4O)OC3)[C@@H](C)CC[C@@]12C. The molecular formula is C25H32O4. The highest BCUT2D eigenvalue weighted by atomic mass is 16.6. The molecule has 2 aliphatic carbocycles. The molecule has 0 aromatic rings. The first kappa shape index (κ1) is 20.4. The van der Waals surface area contributed by atoms with E-state index in [2.05, 4.69) is 45.3 Å². The van der Waals surface area contributed by atoms with Crippen LogP contribution in [0.25, 0.3) is 0 Å². The predicted molar refractivity (Wildman–Crippen MR) is 111 cm³/mol. The molecule has 0 saturated heterocycles. The van der Waals surface area contributed by atoms with Gasteiger partial charge in [0, 0.05) is 22.6 Å². The number of fused-ring (bicyclic) bond motifs is 1. The van der Waals surface area contributed by atoms with Crippen molar-refractivity contribution in [2.24, 2.45) is 22.7 Å². The number of aliphatic hydroxyl groups excluding tert-OH is 1. The lowest BCUT2D eigenvalue weighted by molar-refractivity contribution is -0.152. The second-order valence-corrected chi connectivity index (χ2v) is 9.64. The lowest BCUT2D eigenvalue weighted by Crippen LogP contribution is -2.49. The van der Waals surface area contributed by atoms with Crippen molar-refractivity contribution in [3.8, 4) is 11.8 Å². The Kier molecular flexibility index (Phi) is 5.25. The molecule has 29 heavy (non-hydrogen) atoms. The summed E-state index contributed by atoms with van der Waals surface area (Å²) in [6.45, 7) is 11.9. The largest absolute Gasteiger partial charge is 0.429 e. The summed E-state index contributed by atoms with van der Waals surface area (Å²) in [5.74, 6) is 7.71. The van der Waals surface area contributed by atoms with Crippen LogP contribution < -0.4 is 0 Å². The Balaban J connectivity index is 1.53. The average Bonchev–Trinajstić information content (AvgIpc) is 3.04. The normalized spacial score (nSPS) is 42.2. The van der Waals surface area contributed by atoms with Crippen molar-refractivity contribution in [2.45, 2.75) is 71.7 Å². The predicted octanol–water partition coefficient (Wildman–Crippen LogP) is 4.31. The second kappa shape index (κ2) is 7.45. The van der Waals surface area contributed by atoms with Gasteiger partial charge in [-0.15, -0.1) is 0 Å². The third-order valence-electron chi connectivity index (χ3n) is 8.07. The van der Waals surface area contributed by atoms with Crippen LogP contribution in [-0.2, 0) is 14.3 Å². The summed E-state index contributed by atoms with van der Waals surface area (Å²) in [5.41, 5.74) is 3.07. The molecule has 1 unspecified atom stereocenters. The molecule has 2 heterocycles. The fourth-order valence-electron chi connectivity index (χ4n) is 5.83. The molecule has 4 aliphatic rings. The first-order chi connectivity index (χ1) is 13.7. The topological polar surface area (TPSA) is 55.8 Å². The van der Waals surface area contributed by atoms with E-state index in [1.807, 2.05) is 0 Å². The van der Waals surface area contributed by atoms with Crippen molar-refractivity contribution >= 4 is 5.97 Å². The van der Waals surface area contributed by atoms with E-state index in [1.165, 1.54) is 37.3 Å². The second-order valence-electron chi connectivity index (χ2n) is 9.64. The minimum absolute atomic E-state index is 0.0293. The molecule has 2 saturated carbocycles. The number of allylic oxidation sites excluding steroid dienone is 1. The van der Waals surface area contributed by atoms with Gasteiger partial charge in [-0.3, -0.25) is 0 Å². The molecule has 4 heteroatoms. The summed E-state index contributed by atoms with van der Waals surface area (Å²) in [7, 11) is 0. The zero-order valence-corrected chi connectivity index (χ0v) is 17.8. The van der Waals surface area contributed by atoms with Gasteiger partial charge in [0.1, 0.15) is 0 Å². The van der Waals surface area contributed by atoms with Crippen molar-refractivity contribution < 1.29 is 19.4 Å². The number of carbonyl (C=O) groups is 1. The monoisotopic (exact) mass is 396 g/mol. The highest BCUT2D eigenvalue weighted by Crippen LogP contribution is 2.61. The van der Waals surface area contributed by atoms with Gasteiger partial charge in [0.25, 0.3) is 0 Å². The number of hydrogen-bond acceptors (Lipinski definition) is 4. The van der Waals surface area contributed by atoms with E-state index in [1.54, 1.807) is 0 Å². The summed E-state index contributed by atoms with van der Waals surface area (Å²) in [6, 6.07) is 0. The summed E-state index contributed by atoms with van der Waals surface area (Å²) in [6.07, 6.45) is 8.50. The lowest BCUT2D eigenvalue weighted by Gasteiger charge is -2.56. The van der Waals surface area contributed by atoms with Crippen LogP contribution in [0.4, 0.5) is 0 Å². The molecule has 0 spiro atoms. The molecule has 4 nitrogen and oxygen atoms in total. The van der Waals surface area contributed by atoms with Crippen LogP contribution in [0, 0.1) is 34.5 Å². The minimum Gasteiger partial charge on any atom is -0.429 e. The van der Waals surface area contributed by atoms with E-state index in [0.29, 0.717) is 30.4 Å². The Morgan fingerprint density at radius 1 is 1.31 bits per heavy atom. The van der Waals surface area contributed by atoms with E-state index in [4.69, 9.17) is 9.47 Å². The van der Waals surface area contributed by atoms with E-state index < -0.39 is 12.3 Å². The van der Waals surface area contributed by atoms with E-state index >= 15 is 0 Å². The Bertz CT molecular complexity index is 841. The molecule has 6 atom stereocenters. The maximum Gasteiger partial charge on any atom is 0.333 e. The third-order valence-corrected chi connectivity index (χ3v) is 8.07. The van der Waals surface area contributed by atoms with Gasteiger partial charge >= 0.3 is 5.97 Å². The fourth-order valence-corrected chi connectivity index (χ4v) is 5.83. The van der Waals surface area contributed by atoms with Gasteiger partial charge in [0.05, 0.1) is 12.7 Å². The zero-order chi connectivity index (χ0) is 20.8. The third kappa shape index (κ3) is 3.49. The highest BCUT2D eigenvalue weighted by Gasteiger charge is 2.53. The number of ether oxygens (including phenoxy) is 2. The van der Waals surface area contributed by atoms with Crippen LogP contribution in [0.15, 0.2) is 35.5 Å². The Labute approximate surface area is 174 Å². The number of carbonyl (C=O) groups excluding carboxylic acids is 1. The Hall–Kier alpha value is -1.83. The Morgan fingerprint density at radius 2 is 2.10 bits per heavy atom. The van der Waals surface area contributed by atoms with E-state index in [0.717, 1.165) is 12.0 Å². The van der Waals surface area contributed by atoms with Crippen molar-refractivity contribution in [3.05, 3.63) is 35.5 Å². The van der Waals surface area contributed by atoms with Gasteiger partial charge in [-0.1, -0.05) is 43.9 Å². The van der Waals surface area contributed by atoms with Gasteiger partial charge in [-0.05, 0) is 62.7 Å². The van der Waals surface area contributed by atoms with Crippen molar-refractivity contribution in [1.29, 1.82) is 0 Å². The van der Waals surface area contributed by atoms with Crippen LogP contribution in [0.3, 0.4) is 0 Å². The maximum atomic E-state index is 11.3. The number of cyclic esters (lactones) is 1. The molecule has 4 rings (SSSR count). The number of hydrogen-bond donors (Lipinski definition) is 1.